The highest BCUT2D eigenvalue weighted by Crippen LogP contribution is 2.32. The lowest BCUT2D eigenvalue weighted by molar-refractivity contribution is 1.06. The van der Waals surface area contributed by atoms with Crippen LogP contribution in [0.2, 0.25) is 0 Å². The third-order valence-corrected chi connectivity index (χ3v) is 9.88. The van der Waals surface area contributed by atoms with Crippen LogP contribution >= 0.6 is 0 Å². The predicted octanol–water partition coefficient (Wildman–Crippen LogP) is 12.3. The second-order valence-corrected chi connectivity index (χ2v) is 13.8. The Morgan fingerprint density at radius 3 is 1.91 bits per heavy atom. The van der Waals surface area contributed by atoms with Crippen LogP contribution in [0.5, 0.6) is 0 Å². The monoisotopic (exact) mass is 735 g/mol. The van der Waals surface area contributed by atoms with Gasteiger partial charge in [0.2, 0.25) is 0 Å². The summed E-state index contributed by atoms with van der Waals surface area (Å²) >= 11 is 0. The minimum absolute atomic E-state index is 0.435. The minimum atomic E-state index is 0.435. The molecule has 6 aromatic carbocycles. The molecule has 0 bridgehead atoms. The van der Waals surface area contributed by atoms with Crippen LogP contribution in [-0.4, -0.2) is 36.1 Å². The molecule has 0 unspecified atom stereocenters. The molecular weight excluding hydrogens is 695 g/mol. The van der Waals surface area contributed by atoms with Crippen molar-refractivity contribution in [2.75, 3.05) is 6.54 Å². The molecule has 0 amide bonds. The molecule has 0 fully saturated rings. The van der Waals surface area contributed by atoms with E-state index in [9.17, 15) is 0 Å². The van der Waals surface area contributed by atoms with E-state index in [1.807, 2.05) is 60.9 Å². The number of para-hydroxylation sites is 1. The molecule has 0 spiro atoms. The number of aromatic nitrogens is 1. The van der Waals surface area contributed by atoms with Crippen molar-refractivity contribution in [3.8, 4) is 33.4 Å². The third-order valence-electron chi connectivity index (χ3n) is 9.88. The van der Waals surface area contributed by atoms with Gasteiger partial charge in [-0.1, -0.05) is 127 Å². The molecule has 0 aliphatic carbocycles. The van der Waals surface area contributed by atoms with Gasteiger partial charge in [-0.25, -0.2) is 9.98 Å². The predicted molar refractivity (Wildman–Crippen MR) is 241 cm³/mol. The molecule has 0 radical (unpaired) electrons. The Balaban J connectivity index is 1.32. The maximum Gasteiger partial charge on any atom is 0.161 e. The Morgan fingerprint density at radius 1 is 0.632 bits per heavy atom. The van der Waals surface area contributed by atoms with Crippen molar-refractivity contribution in [2.45, 2.75) is 13.5 Å². The smallest absolute Gasteiger partial charge is 0.161 e. The minimum Gasteiger partial charge on any atom is -0.288 e. The van der Waals surface area contributed by atoms with E-state index in [2.05, 4.69) is 157 Å². The summed E-state index contributed by atoms with van der Waals surface area (Å²) in [5.74, 6) is 1.02. The lowest BCUT2D eigenvalue weighted by atomic mass is 9.94. The Labute approximate surface area is 334 Å². The van der Waals surface area contributed by atoms with Crippen molar-refractivity contribution in [1.82, 2.24) is 4.98 Å². The Hall–Kier alpha value is -7.37. The summed E-state index contributed by atoms with van der Waals surface area (Å²) in [6.07, 6.45) is 12.3. The molecule has 1 aliphatic heterocycles. The Morgan fingerprint density at radius 2 is 1.23 bits per heavy atom. The van der Waals surface area contributed by atoms with Crippen molar-refractivity contribution in [3.05, 3.63) is 216 Å². The van der Waals surface area contributed by atoms with Gasteiger partial charge >= 0.3 is 0 Å². The van der Waals surface area contributed by atoms with E-state index in [4.69, 9.17) is 15.0 Å². The second-order valence-electron chi connectivity index (χ2n) is 13.8. The highest BCUT2D eigenvalue weighted by atomic mass is 15.0. The van der Waals surface area contributed by atoms with Gasteiger partial charge in [0.1, 0.15) is 0 Å². The summed E-state index contributed by atoms with van der Waals surface area (Å²) in [7, 11) is 0. The van der Waals surface area contributed by atoms with Gasteiger partial charge in [0, 0.05) is 40.1 Å². The van der Waals surface area contributed by atoms with E-state index in [0.717, 1.165) is 77.7 Å². The number of amidine groups is 2. The maximum absolute atomic E-state index is 5.30. The van der Waals surface area contributed by atoms with Crippen LogP contribution in [0.25, 0.3) is 49.9 Å². The first-order chi connectivity index (χ1) is 28.1. The van der Waals surface area contributed by atoms with E-state index in [1.54, 1.807) is 0 Å². The van der Waals surface area contributed by atoms with Crippen molar-refractivity contribution in [3.63, 3.8) is 0 Å². The van der Waals surface area contributed by atoms with E-state index in [0.29, 0.717) is 24.8 Å². The number of allylic oxidation sites excluding steroid dienone is 5. The third kappa shape index (κ3) is 8.80. The zero-order valence-corrected chi connectivity index (χ0v) is 31.8. The molecule has 5 nitrogen and oxygen atoms in total. The number of nitrogens with zero attached hydrogens (tertiary/aromatic N) is 5. The highest BCUT2D eigenvalue weighted by Gasteiger charge is 2.15. The molecule has 1 aromatic heterocycles. The summed E-state index contributed by atoms with van der Waals surface area (Å²) in [5, 5.41) is 1.08. The van der Waals surface area contributed by atoms with Gasteiger partial charge in [0.05, 0.1) is 18.6 Å². The van der Waals surface area contributed by atoms with Gasteiger partial charge in [0.15, 0.2) is 11.7 Å². The molecular formula is C52H41N5. The van der Waals surface area contributed by atoms with Crippen LogP contribution in [0, 0.1) is 0 Å². The Kier molecular flexibility index (Phi) is 11.2. The average molecular weight is 736 g/mol. The van der Waals surface area contributed by atoms with E-state index in [1.165, 1.54) is 0 Å². The van der Waals surface area contributed by atoms with E-state index < -0.39 is 0 Å². The lowest BCUT2D eigenvalue weighted by Crippen LogP contribution is -2.07. The van der Waals surface area contributed by atoms with Crippen molar-refractivity contribution < 1.29 is 0 Å². The van der Waals surface area contributed by atoms with Crippen LogP contribution in [0.3, 0.4) is 0 Å². The van der Waals surface area contributed by atoms with Crippen LogP contribution in [0.1, 0.15) is 29.2 Å². The number of benzene rings is 6. The second kappa shape index (κ2) is 17.4. The quantitative estimate of drug-likeness (QED) is 0.113. The summed E-state index contributed by atoms with van der Waals surface area (Å²) in [6.45, 7) is 7.15. The normalized spacial score (nSPS) is 15.5. The molecule has 1 aliphatic rings. The fourth-order valence-corrected chi connectivity index (χ4v) is 6.91. The molecule has 274 valence electrons. The number of hydrogen-bond donors (Lipinski definition) is 0. The van der Waals surface area contributed by atoms with Crippen LogP contribution in [0.4, 0.5) is 0 Å². The molecule has 5 heteroatoms. The maximum atomic E-state index is 5.30. The van der Waals surface area contributed by atoms with Crippen LogP contribution in [-0.2, 0) is 6.54 Å². The SMILES string of the molecule is C=NC(=NC(=NCc1ccccc1)c1cc(-c2ccccc2)cc(-c2cnc3ccccc3c2)c1)c1cc(/C2=C/C(=C/C)/C=C\CN=C2)cc(-c2ccccc2)c1. The zero-order chi connectivity index (χ0) is 38.8. The molecule has 0 saturated heterocycles. The molecule has 7 aromatic rings. The first-order valence-electron chi connectivity index (χ1n) is 19.1. The van der Waals surface area contributed by atoms with Crippen LogP contribution < -0.4 is 0 Å². The van der Waals surface area contributed by atoms with Crippen molar-refractivity contribution >= 4 is 41.1 Å². The van der Waals surface area contributed by atoms with Gasteiger partial charge in [-0.05, 0) is 113 Å². The van der Waals surface area contributed by atoms with E-state index in [-0.39, 0.29) is 0 Å². The fraction of sp³-hybridized carbons (Fsp3) is 0.0577. The largest absolute Gasteiger partial charge is 0.288 e. The number of rotatable bonds is 8. The average Bonchev–Trinajstić information content (AvgIpc) is 3.27. The summed E-state index contributed by atoms with van der Waals surface area (Å²) in [6, 6.07) is 54.4. The zero-order valence-electron chi connectivity index (χ0n) is 31.8. The van der Waals surface area contributed by atoms with Crippen LogP contribution in [0.15, 0.2) is 214 Å². The van der Waals surface area contributed by atoms with Gasteiger partial charge in [0.25, 0.3) is 0 Å². The molecule has 0 atom stereocenters. The molecule has 8 rings (SSSR count). The fourth-order valence-electron chi connectivity index (χ4n) is 6.91. The van der Waals surface area contributed by atoms with Crippen molar-refractivity contribution in [2.24, 2.45) is 20.0 Å². The summed E-state index contributed by atoms with van der Waals surface area (Å²) < 4.78 is 0. The number of aliphatic imine (C=N–C) groups is 4. The molecule has 2 heterocycles. The lowest BCUT2D eigenvalue weighted by Gasteiger charge is -2.14. The summed E-state index contributed by atoms with van der Waals surface area (Å²) in [5.41, 5.74) is 13.1. The van der Waals surface area contributed by atoms with E-state index >= 15 is 0 Å². The highest BCUT2D eigenvalue weighted by molar-refractivity contribution is 6.16. The molecule has 0 saturated carbocycles. The van der Waals surface area contributed by atoms with Gasteiger partial charge in [-0.3, -0.25) is 15.0 Å². The first-order valence-corrected chi connectivity index (χ1v) is 19.1. The standard InChI is InChI=1S/C52H41N5/c1-3-37-18-15-25-54-35-48(26-37)44-28-42(39-19-9-5-10-20-39)30-46(32-44)51(53-2)57-52(56-34-38-16-7-4-8-17-38)47-31-43(40-21-11-6-12-22-40)29-45(33-47)49-27-41-23-13-14-24-50(41)55-36-49/h3-24,26-33,35-36H,2,25,34H2,1H3/b18-15-,37-3+,48-26+,54-35?,56-52?,57-51?. The van der Waals surface area contributed by atoms with Gasteiger partial charge < -0.3 is 0 Å². The van der Waals surface area contributed by atoms with Gasteiger partial charge in [-0.2, -0.15) is 0 Å². The number of hydrogen-bond acceptors (Lipinski definition) is 3. The molecule has 0 N–H and O–H groups in total. The Bertz CT molecular complexity index is 2740. The topological polar surface area (TPSA) is 62.3 Å². The summed E-state index contributed by atoms with van der Waals surface area (Å²) in [4.78, 5) is 24.6. The van der Waals surface area contributed by atoms with Crippen molar-refractivity contribution in [1.29, 1.82) is 0 Å². The van der Waals surface area contributed by atoms with Gasteiger partial charge in [-0.15, -0.1) is 0 Å². The first kappa shape index (κ1) is 36.6. The molecule has 57 heavy (non-hydrogen) atoms. The number of fused-ring (bicyclic) bond motifs is 1. The number of pyridine rings is 1.